The van der Waals surface area contributed by atoms with Crippen LogP contribution in [-0.2, 0) is 17.6 Å². The molecule has 1 aliphatic rings. The molecule has 1 unspecified atom stereocenters. The first-order valence-corrected chi connectivity index (χ1v) is 7.58. The quantitative estimate of drug-likeness (QED) is 0.838. The monoisotopic (exact) mass is 273 g/mol. The first kappa shape index (κ1) is 14.8. The molecule has 0 heterocycles. The molecule has 0 spiro atoms. The maximum Gasteiger partial charge on any atom is 0.223 e. The number of carbonyl (C=O) groups is 2. The third kappa shape index (κ3) is 3.27. The molecule has 0 bridgehead atoms. The molecule has 0 radical (unpaired) electrons. The van der Waals surface area contributed by atoms with Gasteiger partial charge in [-0.05, 0) is 49.8 Å². The van der Waals surface area contributed by atoms with Crippen LogP contribution in [0.1, 0.15) is 54.6 Å². The van der Waals surface area contributed by atoms with Crippen LogP contribution >= 0.6 is 0 Å². The maximum absolute atomic E-state index is 11.9. The van der Waals surface area contributed by atoms with Gasteiger partial charge in [0.25, 0.3) is 0 Å². The number of carbonyl (C=O) groups excluding carboxylic acids is 2. The molecule has 0 aliphatic heterocycles. The maximum atomic E-state index is 11.9. The minimum Gasteiger partial charge on any atom is -0.356 e. The Labute approximate surface area is 120 Å². The van der Waals surface area contributed by atoms with Crippen LogP contribution in [0.4, 0.5) is 0 Å². The van der Waals surface area contributed by atoms with Gasteiger partial charge in [-0.25, -0.2) is 0 Å². The molecule has 1 N–H and O–H groups in total. The summed E-state index contributed by atoms with van der Waals surface area (Å²) >= 11 is 0. The van der Waals surface area contributed by atoms with Crippen molar-refractivity contribution in [1.82, 2.24) is 5.32 Å². The van der Waals surface area contributed by atoms with Crippen molar-refractivity contribution in [2.24, 2.45) is 5.92 Å². The van der Waals surface area contributed by atoms with Gasteiger partial charge in [-0.15, -0.1) is 0 Å². The van der Waals surface area contributed by atoms with E-state index < -0.39 is 0 Å². The van der Waals surface area contributed by atoms with E-state index in [4.69, 9.17) is 0 Å². The van der Waals surface area contributed by atoms with E-state index in [1.54, 1.807) is 0 Å². The highest BCUT2D eigenvalue weighted by atomic mass is 16.1. The first-order chi connectivity index (χ1) is 9.65. The Kier molecular flexibility index (Phi) is 4.94. The minimum absolute atomic E-state index is 0.0830. The third-order valence-corrected chi connectivity index (χ3v) is 3.96. The second kappa shape index (κ2) is 6.69. The fourth-order valence-electron chi connectivity index (χ4n) is 2.84. The van der Waals surface area contributed by atoms with Gasteiger partial charge in [0, 0.05) is 24.4 Å². The Bertz CT molecular complexity index is 508. The fraction of sp³-hybridized carbons (Fsp3) is 0.529. The summed E-state index contributed by atoms with van der Waals surface area (Å²) in [5, 5.41) is 2.90. The van der Waals surface area contributed by atoms with Gasteiger partial charge in [-0.2, -0.15) is 0 Å². The average Bonchev–Trinajstić information content (AvgIpc) is 2.46. The van der Waals surface area contributed by atoms with E-state index in [0.29, 0.717) is 13.0 Å². The Morgan fingerprint density at radius 2 is 2.05 bits per heavy atom. The number of hydrogen-bond acceptors (Lipinski definition) is 2. The van der Waals surface area contributed by atoms with Gasteiger partial charge in [0.05, 0.1) is 0 Å². The number of ketones is 1. The molecule has 20 heavy (non-hydrogen) atoms. The van der Waals surface area contributed by atoms with E-state index in [-0.39, 0.29) is 17.6 Å². The van der Waals surface area contributed by atoms with Crippen LogP contribution in [0, 0.1) is 5.92 Å². The molecule has 2 rings (SSSR count). The lowest BCUT2D eigenvalue weighted by atomic mass is 9.82. The van der Waals surface area contributed by atoms with E-state index >= 15 is 0 Å². The molecule has 108 valence electrons. The summed E-state index contributed by atoms with van der Waals surface area (Å²) in [6.45, 7) is 4.65. The summed E-state index contributed by atoms with van der Waals surface area (Å²) in [7, 11) is 0. The number of amides is 1. The predicted octanol–water partition coefficient (Wildman–Crippen LogP) is 2.91. The second-order valence-corrected chi connectivity index (χ2v) is 5.49. The molecule has 0 saturated heterocycles. The molecule has 0 aromatic heterocycles. The summed E-state index contributed by atoms with van der Waals surface area (Å²) < 4.78 is 0. The first-order valence-electron chi connectivity index (χ1n) is 7.58. The molecular formula is C17H23NO2. The minimum atomic E-state index is 0.0830. The molecule has 0 fully saturated rings. The predicted molar refractivity (Wildman–Crippen MR) is 79.9 cm³/mol. The van der Waals surface area contributed by atoms with Crippen molar-refractivity contribution in [2.45, 2.75) is 46.0 Å². The fourth-order valence-corrected chi connectivity index (χ4v) is 2.84. The highest BCUT2D eigenvalue weighted by Crippen LogP contribution is 2.27. The van der Waals surface area contributed by atoms with Gasteiger partial charge < -0.3 is 5.32 Å². The number of Topliss-reactive ketones (excluding diaryl/α,β-unsaturated/α-hetero) is 1. The van der Waals surface area contributed by atoms with Crippen LogP contribution in [0.3, 0.4) is 0 Å². The zero-order chi connectivity index (χ0) is 14.5. The average molecular weight is 273 g/mol. The molecule has 3 heteroatoms. The highest BCUT2D eigenvalue weighted by Gasteiger charge is 2.24. The third-order valence-electron chi connectivity index (χ3n) is 3.96. The number of benzene rings is 1. The van der Waals surface area contributed by atoms with Crippen molar-refractivity contribution in [1.29, 1.82) is 0 Å². The van der Waals surface area contributed by atoms with Crippen molar-refractivity contribution in [3.63, 3.8) is 0 Å². The van der Waals surface area contributed by atoms with E-state index in [0.717, 1.165) is 31.2 Å². The summed E-state index contributed by atoms with van der Waals surface area (Å²) in [5.41, 5.74) is 3.29. The summed E-state index contributed by atoms with van der Waals surface area (Å²) in [6.07, 6.45) is 4.06. The van der Waals surface area contributed by atoms with Crippen molar-refractivity contribution < 1.29 is 9.59 Å². The van der Waals surface area contributed by atoms with Crippen molar-refractivity contribution >= 4 is 11.7 Å². The van der Waals surface area contributed by atoms with Gasteiger partial charge in [0.2, 0.25) is 5.91 Å². The molecule has 0 saturated carbocycles. The van der Waals surface area contributed by atoms with Gasteiger partial charge in [-0.1, -0.05) is 19.1 Å². The van der Waals surface area contributed by atoms with E-state index in [2.05, 4.69) is 5.32 Å². The molecule has 1 aromatic carbocycles. The molecule has 1 aliphatic carbocycles. The summed E-state index contributed by atoms with van der Waals surface area (Å²) in [6, 6.07) is 5.97. The zero-order valence-corrected chi connectivity index (χ0v) is 12.4. The van der Waals surface area contributed by atoms with Crippen LogP contribution in [0.5, 0.6) is 0 Å². The van der Waals surface area contributed by atoms with Crippen LogP contribution in [-0.4, -0.2) is 18.2 Å². The summed E-state index contributed by atoms with van der Waals surface area (Å²) in [4.78, 5) is 23.8. The Morgan fingerprint density at radius 3 is 2.75 bits per heavy atom. The molecule has 1 amide bonds. The van der Waals surface area contributed by atoms with E-state index in [1.165, 1.54) is 11.1 Å². The Balaban J connectivity index is 2.11. The van der Waals surface area contributed by atoms with Crippen molar-refractivity contribution in [2.75, 3.05) is 6.54 Å². The molecule has 1 aromatic rings. The van der Waals surface area contributed by atoms with E-state index in [9.17, 15) is 9.59 Å². The van der Waals surface area contributed by atoms with Gasteiger partial charge >= 0.3 is 0 Å². The van der Waals surface area contributed by atoms with Crippen LogP contribution in [0.15, 0.2) is 18.2 Å². The molecular weight excluding hydrogens is 250 g/mol. The van der Waals surface area contributed by atoms with Gasteiger partial charge in [0.15, 0.2) is 5.78 Å². The van der Waals surface area contributed by atoms with Crippen LogP contribution in [0.2, 0.25) is 0 Å². The Hall–Kier alpha value is -1.64. The highest BCUT2D eigenvalue weighted by molar-refractivity contribution is 5.96. The SMILES string of the molecule is CCCC(=O)c1ccc2c(c1)CCC(C(=O)NCC)C2. The van der Waals surface area contributed by atoms with Gasteiger partial charge in [-0.3, -0.25) is 9.59 Å². The number of nitrogens with one attached hydrogen (secondary N) is 1. The number of fused-ring (bicyclic) bond motifs is 1. The summed E-state index contributed by atoms with van der Waals surface area (Å²) in [5.74, 6) is 0.463. The van der Waals surface area contributed by atoms with E-state index in [1.807, 2.05) is 32.0 Å². The molecule has 1 atom stereocenters. The van der Waals surface area contributed by atoms with Gasteiger partial charge in [0.1, 0.15) is 0 Å². The van der Waals surface area contributed by atoms with Crippen molar-refractivity contribution in [3.8, 4) is 0 Å². The molecule has 3 nitrogen and oxygen atoms in total. The Morgan fingerprint density at radius 1 is 1.25 bits per heavy atom. The zero-order valence-electron chi connectivity index (χ0n) is 12.4. The number of aryl methyl sites for hydroxylation is 1. The number of rotatable bonds is 5. The smallest absolute Gasteiger partial charge is 0.223 e. The van der Waals surface area contributed by atoms with Crippen molar-refractivity contribution in [3.05, 3.63) is 34.9 Å². The van der Waals surface area contributed by atoms with Crippen LogP contribution in [0.25, 0.3) is 0 Å². The second-order valence-electron chi connectivity index (χ2n) is 5.49. The lowest BCUT2D eigenvalue weighted by Gasteiger charge is -2.24. The largest absolute Gasteiger partial charge is 0.356 e. The lowest BCUT2D eigenvalue weighted by molar-refractivity contribution is -0.125. The normalized spacial score (nSPS) is 17.4. The topological polar surface area (TPSA) is 46.2 Å². The van der Waals surface area contributed by atoms with Crippen LogP contribution < -0.4 is 5.32 Å². The lowest BCUT2D eigenvalue weighted by Crippen LogP contribution is -2.33. The standard InChI is InChI=1S/C17H23NO2/c1-3-5-16(19)14-8-6-13-11-15(17(20)18-4-2)9-7-12(13)10-14/h6,8,10,15H,3-5,7,9,11H2,1-2H3,(H,18,20). The number of hydrogen-bond donors (Lipinski definition) is 1.